The van der Waals surface area contributed by atoms with Crippen LogP contribution in [0.25, 0.3) is 0 Å². The number of nitrogens with zero attached hydrogens (tertiary/aromatic N) is 1. The summed E-state index contributed by atoms with van der Waals surface area (Å²) < 4.78 is 0. The van der Waals surface area contributed by atoms with Gasteiger partial charge in [0.2, 0.25) is 5.91 Å². The van der Waals surface area contributed by atoms with Crippen LogP contribution >= 0.6 is 0 Å². The predicted octanol–water partition coefficient (Wildman–Crippen LogP) is 4.92. The highest BCUT2D eigenvalue weighted by Crippen LogP contribution is 2.33. The van der Waals surface area contributed by atoms with Gasteiger partial charge in [0.05, 0.1) is 12.5 Å². The largest absolute Gasteiger partial charge is 0.353 e. The van der Waals surface area contributed by atoms with Crippen LogP contribution in [0.5, 0.6) is 0 Å². The Balaban J connectivity index is 1.54. The minimum atomic E-state index is -0.249. The maximum absolute atomic E-state index is 13.1. The molecule has 4 nitrogen and oxygen atoms in total. The standard InChI is InChI=1S/C25H30N2O2/c1-18-12-14-19(15-13-18)23(16-24(28)26-21-9-4-2-3-5-10-21)27-17-20-8-6-7-11-22(20)25(27)29/h6-8,11-15,21,23H,2-5,9-10,16-17H2,1H3,(H,26,28). The topological polar surface area (TPSA) is 49.4 Å². The Morgan fingerprint density at radius 3 is 2.41 bits per heavy atom. The molecule has 1 fully saturated rings. The predicted molar refractivity (Wildman–Crippen MR) is 114 cm³/mol. The smallest absolute Gasteiger partial charge is 0.255 e. The van der Waals surface area contributed by atoms with Gasteiger partial charge in [-0.15, -0.1) is 0 Å². The molecule has 0 saturated heterocycles. The monoisotopic (exact) mass is 390 g/mol. The molecule has 1 atom stereocenters. The number of carbonyl (C=O) groups excluding carboxylic acids is 2. The van der Waals surface area contributed by atoms with Crippen molar-refractivity contribution in [1.29, 1.82) is 0 Å². The fourth-order valence-corrected chi connectivity index (χ4v) is 4.61. The van der Waals surface area contributed by atoms with E-state index in [1.54, 1.807) is 0 Å². The van der Waals surface area contributed by atoms with Gasteiger partial charge in [-0.2, -0.15) is 0 Å². The summed E-state index contributed by atoms with van der Waals surface area (Å²) in [6.07, 6.45) is 7.33. The first-order valence-electron chi connectivity index (χ1n) is 10.9. The lowest BCUT2D eigenvalue weighted by atomic mass is 9.99. The molecular formula is C25H30N2O2. The summed E-state index contributed by atoms with van der Waals surface area (Å²) >= 11 is 0. The van der Waals surface area contributed by atoms with E-state index in [4.69, 9.17) is 0 Å². The van der Waals surface area contributed by atoms with Crippen molar-refractivity contribution in [3.8, 4) is 0 Å². The van der Waals surface area contributed by atoms with Crippen LogP contribution in [0.15, 0.2) is 48.5 Å². The molecule has 1 unspecified atom stereocenters. The van der Waals surface area contributed by atoms with Gasteiger partial charge in [-0.3, -0.25) is 9.59 Å². The molecule has 4 heteroatoms. The summed E-state index contributed by atoms with van der Waals surface area (Å²) in [6, 6.07) is 16.0. The zero-order valence-corrected chi connectivity index (χ0v) is 17.2. The van der Waals surface area contributed by atoms with Crippen LogP contribution in [0.3, 0.4) is 0 Å². The second-order valence-electron chi connectivity index (χ2n) is 8.48. The van der Waals surface area contributed by atoms with Crippen LogP contribution < -0.4 is 5.32 Å². The van der Waals surface area contributed by atoms with Crippen LogP contribution in [-0.4, -0.2) is 22.8 Å². The van der Waals surface area contributed by atoms with Gasteiger partial charge in [0.15, 0.2) is 0 Å². The molecule has 1 saturated carbocycles. The summed E-state index contributed by atoms with van der Waals surface area (Å²) in [5, 5.41) is 3.25. The number of hydrogen-bond donors (Lipinski definition) is 1. The van der Waals surface area contributed by atoms with Crippen molar-refractivity contribution >= 4 is 11.8 Å². The molecule has 2 aromatic carbocycles. The van der Waals surface area contributed by atoms with Crippen molar-refractivity contribution < 1.29 is 9.59 Å². The fraction of sp³-hybridized carbons (Fsp3) is 0.440. The molecule has 0 radical (unpaired) electrons. The molecule has 4 rings (SSSR count). The number of hydrogen-bond acceptors (Lipinski definition) is 2. The Hall–Kier alpha value is -2.62. The number of fused-ring (bicyclic) bond motifs is 1. The molecule has 1 N–H and O–H groups in total. The van der Waals surface area contributed by atoms with Crippen LogP contribution in [0, 0.1) is 6.92 Å². The van der Waals surface area contributed by atoms with Gasteiger partial charge in [0, 0.05) is 18.2 Å². The van der Waals surface area contributed by atoms with Gasteiger partial charge in [0.25, 0.3) is 5.91 Å². The quantitative estimate of drug-likeness (QED) is 0.737. The van der Waals surface area contributed by atoms with Crippen molar-refractivity contribution in [2.24, 2.45) is 0 Å². The number of carbonyl (C=O) groups is 2. The van der Waals surface area contributed by atoms with E-state index in [2.05, 4.69) is 36.5 Å². The van der Waals surface area contributed by atoms with Crippen LogP contribution in [-0.2, 0) is 11.3 Å². The normalized spacial score (nSPS) is 18.2. The van der Waals surface area contributed by atoms with E-state index < -0.39 is 0 Å². The van der Waals surface area contributed by atoms with Crippen molar-refractivity contribution in [3.63, 3.8) is 0 Å². The van der Waals surface area contributed by atoms with E-state index >= 15 is 0 Å². The Labute approximate surface area is 173 Å². The highest BCUT2D eigenvalue weighted by atomic mass is 16.2. The molecular weight excluding hydrogens is 360 g/mol. The summed E-state index contributed by atoms with van der Waals surface area (Å²) in [4.78, 5) is 27.9. The number of benzene rings is 2. The first-order chi connectivity index (χ1) is 14.1. The number of rotatable bonds is 5. The molecule has 2 amide bonds. The molecule has 29 heavy (non-hydrogen) atoms. The van der Waals surface area contributed by atoms with Gasteiger partial charge in [-0.05, 0) is 37.0 Å². The Morgan fingerprint density at radius 2 is 1.72 bits per heavy atom. The van der Waals surface area contributed by atoms with Gasteiger partial charge >= 0.3 is 0 Å². The molecule has 1 aliphatic carbocycles. The number of amides is 2. The summed E-state index contributed by atoms with van der Waals surface area (Å²) in [5.41, 5.74) is 3.99. The van der Waals surface area contributed by atoms with E-state index in [0.717, 1.165) is 29.5 Å². The molecule has 0 spiro atoms. The minimum Gasteiger partial charge on any atom is -0.353 e. The number of nitrogens with one attached hydrogen (secondary N) is 1. The van der Waals surface area contributed by atoms with Crippen LogP contribution in [0.4, 0.5) is 0 Å². The second-order valence-corrected chi connectivity index (χ2v) is 8.48. The third-order valence-corrected chi connectivity index (χ3v) is 6.29. The summed E-state index contributed by atoms with van der Waals surface area (Å²) in [6.45, 7) is 2.61. The zero-order chi connectivity index (χ0) is 20.2. The van der Waals surface area contributed by atoms with Crippen molar-refractivity contribution in [2.45, 2.75) is 70.5 Å². The van der Waals surface area contributed by atoms with E-state index in [1.165, 1.54) is 31.2 Å². The number of aryl methyl sites for hydroxylation is 1. The minimum absolute atomic E-state index is 0.0217. The first-order valence-corrected chi connectivity index (χ1v) is 10.9. The maximum Gasteiger partial charge on any atom is 0.255 e. The molecule has 0 bridgehead atoms. The lowest BCUT2D eigenvalue weighted by Gasteiger charge is -2.29. The third kappa shape index (κ3) is 4.52. The second kappa shape index (κ2) is 8.81. The Bertz CT molecular complexity index is 867. The van der Waals surface area contributed by atoms with Gasteiger partial charge < -0.3 is 10.2 Å². The van der Waals surface area contributed by atoms with E-state index in [9.17, 15) is 9.59 Å². The fourth-order valence-electron chi connectivity index (χ4n) is 4.61. The van der Waals surface area contributed by atoms with Gasteiger partial charge in [-0.1, -0.05) is 73.7 Å². The average molecular weight is 391 g/mol. The third-order valence-electron chi connectivity index (χ3n) is 6.29. The summed E-state index contributed by atoms with van der Waals surface area (Å²) in [7, 11) is 0. The first kappa shape index (κ1) is 19.7. The lowest BCUT2D eigenvalue weighted by Crippen LogP contribution is -2.38. The molecule has 0 aromatic heterocycles. The Morgan fingerprint density at radius 1 is 1.03 bits per heavy atom. The van der Waals surface area contributed by atoms with Crippen LogP contribution in [0.2, 0.25) is 0 Å². The SMILES string of the molecule is Cc1ccc(C(CC(=O)NC2CCCCCC2)N2Cc3ccccc3C2=O)cc1. The highest BCUT2D eigenvalue weighted by molar-refractivity contribution is 5.98. The van der Waals surface area contributed by atoms with Gasteiger partial charge in [-0.25, -0.2) is 0 Å². The zero-order valence-electron chi connectivity index (χ0n) is 17.2. The molecule has 1 aliphatic heterocycles. The Kier molecular flexibility index (Phi) is 5.98. The van der Waals surface area contributed by atoms with E-state index in [-0.39, 0.29) is 23.9 Å². The maximum atomic E-state index is 13.1. The van der Waals surface area contributed by atoms with E-state index in [1.807, 2.05) is 29.2 Å². The lowest BCUT2D eigenvalue weighted by molar-refractivity contribution is -0.123. The van der Waals surface area contributed by atoms with E-state index in [0.29, 0.717) is 13.0 Å². The highest BCUT2D eigenvalue weighted by Gasteiger charge is 2.34. The molecule has 152 valence electrons. The molecule has 2 aromatic rings. The summed E-state index contributed by atoms with van der Waals surface area (Å²) in [5.74, 6) is 0.0691. The van der Waals surface area contributed by atoms with Crippen LogP contribution in [0.1, 0.15) is 78.0 Å². The molecule has 1 heterocycles. The van der Waals surface area contributed by atoms with Crippen molar-refractivity contribution in [3.05, 3.63) is 70.8 Å². The average Bonchev–Trinajstić information content (AvgIpc) is 2.88. The van der Waals surface area contributed by atoms with Gasteiger partial charge in [0.1, 0.15) is 0 Å². The molecule has 2 aliphatic rings. The van der Waals surface area contributed by atoms with Crippen molar-refractivity contribution in [2.75, 3.05) is 0 Å². The van der Waals surface area contributed by atoms with Crippen molar-refractivity contribution in [1.82, 2.24) is 10.2 Å².